The third-order valence-corrected chi connectivity index (χ3v) is 7.91. The minimum atomic E-state index is -3.48. The predicted octanol–water partition coefficient (Wildman–Crippen LogP) is 4.18. The molecule has 0 saturated carbocycles. The first-order valence-electron chi connectivity index (χ1n) is 9.68. The van der Waals surface area contributed by atoms with Gasteiger partial charge in [0.2, 0.25) is 10.0 Å². The maximum absolute atomic E-state index is 12.7. The number of rotatable bonds is 7. The summed E-state index contributed by atoms with van der Waals surface area (Å²) in [6.45, 7) is 5.07. The quantitative estimate of drug-likeness (QED) is 0.498. The first-order chi connectivity index (χ1) is 13.4. The Hall–Kier alpha value is -1.70. The number of Topliss-reactive ketones (excluding diaryl/α,β-unsaturated/α-hetero) is 1. The molecule has 1 aromatic carbocycles. The lowest BCUT2D eigenvalue weighted by Crippen LogP contribution is -2.35. The molecule has 0 radical (unpaired) electrons. The summed E-state index contributed by atoms with van der Waals surface area (Å²) in [4.78, 5) is 17.1. The Balaban J connectivity index is 1.66. The number of aromatic nitrogens is 1. The average molecular weight is 419 g/mol. The summed E-state index contributed by atoms with van der Waals surface area (Å²) in [7, 11) is -3.48. The molecule has 150 valence electrons. The van der Waals surface area contributed by atoms with Crippen molar-refractivity contribution < 1.29 is 13.2 Å². The highest BCUT2D eigenvalue weighted by atomic mass is 32.2. The summed E-state index contributed by atoms with van der Waals surface area (Å²) >= 11 is 1.34. The van der Waals surface area contributed by atoms with Crippen LogP contribution < -0.4 is 0 Å². The summed E-state index contributed by atoms with van der Waals surface area (Å²) < 4.78 is 26.9. The zero-order chi connectivity index (χ0) is 20.1. The number of nitrogens with zero attached hydrogens (tertiary/aromatic N) is 2. The number of carbonyl (C=O) groups excluding carboxylic acids is 1. The molecule has 0 bridgehead atoms. The van der Waals surface area contributed by atoms with E-state index in [0.29, 0.717) is 23.7 Å². The highest BCUT2D eigenvalue weighted by Gasteiger charge is 2.26. The summed E-state index contributed by atoms with van der Waals surface area (Å²) in [6.07, 6.45) is 5.22. The molecule has 7 heteroatoms. The van der Waals surface area contributed by atoms with Crippen molar-refractivity contribution in [2.75, 3.05) is 13.1 Å². The molecule has 1 atom stereocenters. The highest BCUT2D eigenvalue weighted by molar-refractivity contribution is 8.00. The van der Waals surface area contributed by atoms with Gasteiger partial charge in [-0.25, -0.2) is 13.4 Å². The molecule has 2 aromatic rings. The topological polar surface area (TPSA) is 67.3 Å². The standard InChI is InChI=1S/C21H26N2O3S2/c1-3-17-7-9-18(10-8-17)21(24)16(2)27-20-12-11-19(15-22-20)28(25,26)23-13-5-4-6-14-23/h7-12,15-16H,3-6,13-14H2,1-2H3/t16-/m0/s1. The Morgan fingerprint density at radius 3 is 2.36 bits per heavy atom. The van der Waals surface area contributed by atoms with Crippen LogP contribution >= 0.6 is 11.8 Å². The van der Waals surface area contributed by atoms with E-state index in [-0.39, 0.29) is 15.9 Å². The third-order valence-electron chi connectivity index (χ3n) is 4.98. The fourth-order valence-corrected chi connectivity index (χ4v) is 5.55. The second-order valence-electron chi connectivity index (χ2n) is 6.97. The summed E-state index contributed by atoms with van der Waals surface area (Å²) in [5.74, 6) is 0.0412. The predicted molar refractivity (Wildman–Crippen MR) is 112 cm³/mol. The number of hydrogen-bond acceptors (Lipinski definition) is 5. The van der Waals surface area contributed by atoms with E-state index in [1.807, 2.05) is 31.2 Å². The van der Waals surface area contributed by atoms with E-state index >= 15 is 0 Å². The molecule has 1 saturated heterocycles. The Bertz CT molecular complexity index is 904. The lowest BCUT2D eigenvalue weighted by molar-refractivity contribution is 0.0994. The van der Waals surface area contributed by atoms with Crippen molar-refractivity contribution >= 4 is 27.6 Å². The van der Waals surface area contributed by atoms with E-state index < -0.39 is 10.0 Å². The van der Waals surface area contributed by atoms with Crippen LogP contribution in [0.25, 0.3) is 0 Å². The molecule has 3 rings (SSSR count). The Kier molecular flexibility index (Phi) is 6.91. The Morgan fingerprint density at radius 1 is 1.11 bits per heavy atom. The van der Waals surface area contributed by atoms with Gasteiger partial charge in [-0.2, -0.15) is 4.31 Å². The lowest BCUT2D eigenvalue weighted by atomic mass is 10.1. The van der Waals surface area contributed by atoms with Gasteiger partial charge in [-0.15, -0.1) is 0 Å². The van der Waals surface area contributed by atoms with Crippen molar-refractivity contribution in [3.05, 3.63) is 53.7 Å². The van der Waals surface area contributed by atoms with Gasteiger partial charge in [-0.1, -0.05) is 49.4 Å². The van der Waals surface area contributed by atoms with Crippen molar-refractivity contribution in [3.63, 3.8) is 0 Å². The number of thioether (sulfide) groups is 1. The molecule has 0 spiro atoms. The van der Waals surface area contributed by atoms with Gasteiger partial charge in [0.1, 0.15) is 4.90 Å². The van der Waals surface area contributed by atoms with Gasteiger partial charge in [-0.05, 0) is 43.9 Å². The number of ketones is 1. The van der Waals surface area contributed by atoms with Crippen LogP contribution in [0.4, 0.5) is 0 Å². The monoisotopic (exact) mass is 418 g/mol. The first kappa shape index (κ1) is 21.0. The fraction of sp³-hybridized carbons (Fsp3) is 0.429. The van der Waals surface area contributed by atoms with E-state index in [9.17, 15) is 13.2 Å². The molecule has 5 nitrogen and oxygen atoms in total. The number of aryl methyl sites for hydroxylation is 1. The fourth-order valence-electron chi connectivity index (χ4n) is 3.22. The number of hydrogen-bond donors (Lipinski definition) is 0. The van der Waals surface area contributed by atoms with Crippen molar-refractivity contribution in [1.82, 2.24) is 9.29 Å². The molecule has 0 unspecified atom stereocenters. The van der Waals surface area contributed by atoms with Gasteiger partial charge in [0.25, 0.3) is 0 Å². The summed E-state index contributed by atoms with van der Waals surface area (Å²) in [6, 6.07) is 10.9. The van der Waals surface area contributed by atoms with E-state index in [1.165, 1.54) is 27.8 Å². The van der Waals surface area contributed by atoms with Gasteiger partial charge < -0.3 is 0 Å². The van der Waals surface area contributed by atoms with Crippen LogP contribution in [0.15, 0.2) is 52.5 Å². The van der Waals surface area contributed by atoms with Crippen molar-refractivity contribution in [3.8, 4) is 0 Å². The second-order valence-corrected chi connectivity index (χ2v) is 10.3. The Labute approximate surface area is 171 Å². The Morgan fingerprint density at radius 2 is 1.79 bits per heavy atom. The molecule has 0 aliphatic carbocycles. The van der Waals surface area contributed by atoms with Crippen LogP contribution in [0.1, 0.15) is 49.0 Å². The molecule has 2 heterocycles. The minimum Gasteiger partial charge on any atom is -0.293 e. The minimum absolute atomic E-state index is 0.0412. The van der Waals surface area contributed by atoms with Crippen LogP contribution in [0.3, 0.4) is 0 Å². The van der Waals surface area contributed by atoms with Gasteiger partial charge in [0, 0.05) is 24.8 Å². The van der Waals surface area contributed by atoms with Gasteiger partial charge >= 0.3 is 0 Å². The van der Waals surface area contributed by atoms with Crippen LogP contribution in [0, 0.1) is 0 Å². The van der Waals surface area contributed by atoms with Crippen molar-refractivity contribution in [1.29, 1.82) is 0 Å². The maximum Gasteiger partial charge on any atom is 0.244 e. The van der Waals surface area contributed by atoms with Gasteiger partial charge in [0.05, 0.1) is 10.3 Å². The van der Waals surface area contributed by atoms with E-state index in [1.54, 1.807) is 12.1 Å². The molecular weight excluding hydrogens is 392 g/mol. The number of piperidine rings is 1. The lowest BCUT2D eigenvalue weighted by Gasteiger charge is -2.25. The van der Waals surface area contributed by atoms with E-state index in [2.05, 4.69) is 11.9 Å². The number of carbonyl (C=O) groups is 1. The largest absolute Gasteiger partial charge is 0.293 e. The normalized spacial score (nSPS) is 16.6. The second kappa shape index (κ2) is 9.20. The molecule has 28 heavy (non-hydrogen) atoms. The van der Waals surface area contributed by atoms with Crippen molar-refractivity contribution in [2.24, 2.45) is 0 Å². The van der Waals surface area contributed by atoms with Crippen molar-refractivity contribution in [2.45, 2.75) is 54.7 Å². The van der Waals surface area contributed by atoms with E-state index in [4.69, 9.17) is 0 Å². The average Bonchev–Trinajstić information content (AvgIpc) is 2.74. The van der Waals surface area contributed by atoms with Crippen LogP contribution in [0.2, 0.25) is 0 Å². The molecule has 1 aliphatic heterocycles. The summed E-state index contributed by atoms with van der Waals surface area (Å²) in [5.41, 5.74) is 1.88. The smallest absolute Gasteiger partial charge is 0.244 e. The molecule has 1 aromatic heterocycles. The zero-order valence-electron chi connectivity index (χ0n) is 16.3. The van der Waals surface area contributed by atoms with E-state index in [0.717, 1.165) is 25.7 Å². The van der Waals surface area contributed by atoms with Crippen LogP contribution in [0.5, 0.6) is 0 Å². The van der Waals surface area contributed by atoms with Crippen LogP contribution in [-0.2, 0) is 16.4 Å². The SMILES string of the molecule is CCc1ccc(C(=O)[C@H](C)Sc2ccc(S(=O)(=O)N3CCCCC3)cn2)cc1. The molecular formula is C21H26N2O3S2. The number of sulfonamides is 1. The van der Waals surface area contributed by atoms with Gasteiger partial charge in [-0.3, -0.25) is 4.79 Å². The molecule has 0 N–H and O–H groups in total. The molecule has 1 fully saturated rings. The van der Waals surface area contributed by atoms with Gasteiger partial charge in [0.15, 0.2) is 5.78 Å². The first-order valence-corrected chi connectivity index (χ1v) is 12.0. The maximum atomic E-state index is 12.7. The molecule has 0 amide bonds. The highest BCUT2D eigenvalue weighted by Crippen LogP contribution is 2.26. The number of pyridine rings is 1. The number of benzene rings is 1. The zero-order valence-corrected chi connectivity index (χ0v) is 17.9. The summed E-state index contributed by atoms with van der Waals surface area (Å²) in [5, 5.41) is 0.341. The molecule has 1 aliphatic rings. The third kappa shape index (κ3) is 4.82. The van der Waals surface area contributed by atoms with Crippen LogP contribution in [-0.4, -0.2) is 41.8 Å².